The summed E-state index contributed by atoms with van der Waals surface area (Å²) in [4.78, 5) is 64.5. The van der Waals surface area contributed by atoms with Gasteiger partial charge in [0.05, 0.1) is 0 Å². The third-order valence-electron chi connectivity index (χ3n) is 9.46. The smallest absolute Gasteiger partial charge is 0.162 e. The van der Waals surface area contributed by atoms with Crippen LogP contribution in [0.25, 0.3) is 0 Å². The van der Waals surface area contributed by atoms with Crippen molar-refractivity contribution in [3.8, 4) is 0 Å². The van der Waals surface area contributed by atoms with Gasteiger partial charge in [0.25, 0.3) is 0 Å². The minimum absolute atomic E-state index is 0.184. The second kappa shape index (κ2) is 24.8. The number of ketones is 6. The summed E-state index contributed by atoms with van der Waals surface area (Å²) in [5.41, 5.74) is 1.82. The normalized spacial score (nSPS) is 26.3. The second-order valence-corrected chi connectivity index (χ2v) is 13.8. The van der Waals surface area contributed by atoms with Gasteiger partial charge in [-0.05, 0) is 76.4 Å². The van der Waals surface area contributed by atoms with Crippen molar-refractivity contribution in [1.29, 1.82) is 0 Å². The Morgan fingerprint density at radius 1 is 0.521 bits per heavy atom. The van der Waals surface area contributed by atoms with E-state index >= 15 is 0 Å². The molecular weight excluding hydrogens is 600 g/mol. The van der Waals surface area contributed by atoms with E-state index in [0.29, 0.717) is 53.6 Å². The van der Waals surface area contributed by atoms with Crippen molar-refractivity contribution >= 4 is 34.7 Å². The maximum Gasteiger partial charge on any atom is 0.162 e. The van der Waals surface area contributed by atoms with Gasteiger partial charge in [0.15, 0.2) is 11.6 Å². The third kappa shape index (κ3) is 18.9. The van der Waals surface area contributed by atoms with Crippen molar-refractivity contribution < 1.29 is 28.8 Å². The van der Waals surface area contributed by atoms with Crippen LogP contribution in [0, 0.1) is 23.7 Å². The molecule has 6 heteroatoms. The van der Waals surface area contributed by atoms with Crippen LogP contribution in [0.3, 0.4) is 0 Å². The minimum atomic E-state index is 0.184. The molecule has 0 heterocycles. The molecule has 6 rings (SSSR count). The van der Waals surface area contributed by atoms with E-state index in [1.807, 2.05) is 78.0 Å². The van der Waals surface area contributed by atoms with Gasteiger partial charge < -0.3 is 0 Å². The maximum absolute atomic E-state index is 10.8. The Morgan fingerprint density at radius 2 is 1.15 bits per heavy atom. The number of carbonyl (C=O) groups excluding carboxylic acids is 6. The first kappa shape index (κ1) is 42.7. The van der Waals surface area contributed by atoms with Crippen molar-refractivity contribution in [3.05, 3.63) is 59.8 Å². The van der Waals surface area contributed by atoms with Gasteiger partial charge in [-0.3, -0.25) is 28.8 Å². The van der Waals surface area contributed by atoms with Gasteiger partial charge in [-0.15, -0.1) is 0 Å². The predicted molar refractivity (Wildman–Crippen MR) is 196 cm³/mol. The molecule has 0 saturated heterocycles. The zero-order valence-electron chi connectivity index (χ0n) is 30.7. The first-order valence-electron chi connectivity index (χ1n) is 18.3. The summed E-state index contributed by atoms with van der Waals surface area (Å²) in [6.45, 7) is 11.7. The topological polar surface area (TPSA) is 102 Å². The SMILES string of the molecule is CC1=CC=CCC1=O.CC1=CCCCC1=O.CC1C=CCCC1=O.CC1CC=CCC1=O.CC1CCCCC1=O.CC1CCCCC1=O. The molecule has 48 heavy (non-hydrogen) atoms. The van der Waals surface area contributed by atoms with Gasteiger partial charge in [0.2, 0.25) is 0 Å². The monoisotopic (exact) mass is 662 g/mol. The number of hydrogen-bond acceptors (Lipinski definition) is 6. The molecule has 266 valence electrons. The molecule has 2 fully saturated rings. The quantitative estimate of drug-likeness (QED) is 0.239. The molecule has 0 aromatic rings. The van der Waals surface area contributed by atoms with Crippen LogP contribution in [-0.2, 0) is 28.8 Å². The molecule has 4 unspecified atom stereocenters. The van der Waals surface area contributed by atoms with E-state index in [1.165, 1.54) is 12.8 Å². The molecule has 6 aliphatic carbocycles. The predicted octanol–water partition coefficient (Wildman–Crippen LogP) is 9.76. The van der Waals surface area contributed by atoms with Crippen molar-refractivity contribution in [1.82, 2.24) is 0 Å². The molecule has 2 saturated carbocycles. The second-order valence-electron chi connectivity index (χ2n) is 13.8. The van der Waals surface area contributed by atoms with Crippen LogP contribution in [0.2, 0.25) is 0 Å². The van der Waals surface area contributed by atoms with Crippen LogP contribution in [0.15, 0.2) is 59.8 Å². The first-order valence-corrected chi connectivity index (χ1v) is 18.3. The highest BCUT2D eigenvalue weighted by Gasteiger charge is 2.17. The highest BCUT2D eigenvalue weighted by Crippen LogP contribution is 2.20. The van der Waals surface area contributed by atoms with Crippen LogP contribution >= 0.6 is 0 Å². The first-order chi connectivity index (χ1) is 22.8. The summed E-state index contributed by atoms with van der Waals surface area (Å²) < 4.78 is 0. The average molecular weight is 663 g/mol. The van der Waals surface area contributed by atoms with E-state index in [4.69, 9.17) is 0 Å². The number of allylic oxidation sites excluding steroid dienone is 10. The van der Waals surface area contributed by atoms with Gasteiger partial charge in [-0.25, -0.2) is 0 Å². The van der Waals surface area contributed by atoms with Gasteiger partial charge in [-0.1, -0.05) is 89.1 Å². The largest absolute Gasteiger partial charge is 0.299 e. The lowest BCUT2D eigenvalue weighted by molar-refractivity contribution is -0.124. The lowest BCUT2D eigenvalue weighted by atomic mass is 9.90. The van der Waals surface area contributed by atoms with Crippen molar-refractivity contribution in [3.63, 3.8) is 0 Å². The Balaban J connectivity index is 0.000000288. The van der Waals surface area contributed by atoms with Crippen molar-refractivity contribution in [2.24, 2.45) is 23.7 Å². The molecule has 0 amide bonds. The molecular formula is C42H62O6. The van der Waals surface area contributed by atoms with E-state index in [2.05, 4.69) is 12.2 Å². The number of Topliss-reactive ketones (excluding diaryl/α,β-unsaturated/α-hetero) is 6. The van der Waals surface area contributed by atoms with Gasteiger partial charge in [0.1, 0.15) is 23.1 Å². The highest BCUT2D eigenvalue weighted by atomic mass is 16.1. The van der Waals surface area contributed by atoms with E-state index < -0.39 is 0 Å². The third-order valence-corrected chi connectivity index (χ3v) is 9.46. The molecule has 0 bridgehead atoms. The minimum Gasteiger partial charge on any atom is -0.299 e. The summed E-state index contributed by atoms with van der Waals surface area (Å²) >= 11 is 0. The maximum atomic E-state index is 10.8. The van der Waals surface area contributed by atoms with Gasteiger partial charge in [0, 0.05) is 62.2 Å². The fraction of sp³-hybridized carbons (Fsp3) is 0.619. The molecule has 6 aliphatic rings. The van der Waals surface area contributed by atoms with Crippen LogP contribution < -0.4 is 0 Å². The fourth-order valence-corrected chi connectivity index (χ4v) is 5.54. The molecule has 0 N–H and O–H groups in total. The lowest BCUT2D eigenvalue weighted by Gasteiger charge is -2.14. The van der Waals surface area contributed by atoms with E-state index in [0.717, 1.165) is 88.2 Å². The Hall–Kier alpha value is -3.28. The Morgan fingerprint density at radius 3 is 1.46 bits per heavy atom. The fourth-order valence-electron chi connectivity index (χ4n) is 5.54. The molecule has 0 aromatic carbocycles. The van der Waals surface area contributed by atoms with Gasteiger partial charge >= 0.3 is 0 Å². The summed E-state index contributed by atoms with van der Waals surface area (Å²) in [7, 11) is 0. The lowest BCUT2D eigenvalue weighted by Crippen LogP contribution is -2.14. The Bertz CT molecular complexity index is 1200. The van der Waals surface area contributed by atoms with Crippen molar-refractivity contribution in [2.75, 3.05) is 0 Å². The summed E-state index contributed by atoms with van der Waals surface area (Å²) in [6, 6.07) is 0. The van der Waals surface area contributed by atoms with E-state index in [-0.39, 0.29) is 17.6 Å². The van der Waals surface area contributed by atoms with Crippen molar-refractivity contribution in [2.45, 2.75) is 144 Å². The molecule has 0 aliphatic heterocycles. The summed E-state index contributed by atoms with van der Waals surface area (Å²) in [6.07, 6.45) is 31.2. The molecule has 0 aromatic heterocycles. The zero-order chi connectivity index (χ0) is 35.9. The van der Waals surface area contributed by atoms with E-state index in [9.17, 15) is 28.8 Å². The molecule has 4 atom stereocenters. The molecule has 6 nitrogen and oxygen atoms in total. The average Bonchev–Trinajstić information content (AvgIpc) is 3.07. The number of hydrogen-bond donors (Lipinski definition) is 0. The number of carbonyl (C=O) groups is 6. The highest BCUT2D eigenvalue weighted by molar-refractivity contribution is 5.97. The Labute approximate surface area is 290 Å². The standard InChI is InChI=1S/2C7H12O.3C7H10O.C7H8O/c6*1-6-4-2-3-5-7(6)8/h2*6H,2-5H2,1H3;4H,2-3,5H2,1H3;2,4,6H,3,5H2,1H3;2-3,6H,4-5H2,1H3;2-4H,5H2,1H3. The van der Waals surface area contributed by atoms with E-state index in [1.54, 1.807) is 0 Å². The zero-order valence-corrected chi connectivity index (χ0v) is 30.7. The summed E-state index contributed by atoms with van der Waals surface area (Å²) in [5, 5.41) is 0. The number of rotatable bonds is 0. The van der Waals surface area contributed by atoms with Crippen LogP contribution in [-0.4, -0.2) is 34.7 Å². The van der Waals surface area contributed by atoms with Crippen LogP contribution in [0.1, 0.15) is 144 Å². The van der Waals surface area contributed by atoms with Crippen LogP contribution in [0.4, 0.5) is 0 Å². The molecule has 0 radical (unpaired) electrons. The molecule has 0 spiro atoms. The summed E-state index contributed by atoms with van der Waals surface area (Å²) in [5.74, 6) is 3.47. The van der Waals surface area contributed by atoms with Gasteiger partial charge in [-0.2, -0.15) is 0 Å². The Kier molecular flexibility index (Phi) is 22.1. The van der Waals surface area contributed by atoms with Crippen LogP contribution in [0.5, 0.6) is 0 Å².